The molecule has 0 aliphatic rings. The number of nitrogen functional groups attached to an aromatic ring is 1. The second-order valence-corrected chi connectivity index (χ2v) is 6.25. The molecule has 0 heterocycles. The van der Waals surface area contributed by atoms with Crippen molar-refractivity contribution in [1.82, 2.24) is 4.72 Å². The predicted molar refractivity (Wildman–Crippen MR) is 77.1 cm³/mol. The molecule has 4 N–H and O–H groups in total. The first-order valence-corrected chi connectivity index (χ1v) is 7.99. The summed E-state index contributed by atoms with van der Waals surface area (Å²) in [4.78, 5) is 10.8. The maximum atomic E-state index is 12.1. The maximum absolute atomic E-state index is 12.1. The number of carboxylic acid groups (broad SMARTS) is 1. The van der Waals surface area contributed by atoms with Gasteiger partial charge in [0.05, 0.1) is 10.5 Å². The summed E-state index contributed by atoms with van der Waals surface area (Å²) in [6.07, 6.45) is 3.76. The second-order valence-electron chi connectivity index (χ2n) is 4.52. The van der Waals surface area contributed by atoms with Gasteiger partial charge in [-0.25, -0.2) is 17.9 Å². The van der Waals surface area contributed by atoms with E-state index in [2.05, 4.69) is 11.6 Å². The monoisotopic (exact) mass is 300 g/mol. The first-order valence-electron chi connectivity index (χ1n) is 6.51. The summed E-state index contributed by atoms with van der Waals surface area (Å²) in [5.74, 6) is -1.30. The fraction of sp³-hybridized carbons (Fsp3) is 0.462. The van der Waals surface area contributed by atoms with E-state index in [9.17, 15) is 13.2 Å². The van der Waals surface area contributed by atoms with Crippen LogP contribution in [0.1, 0.15) is 43.0 Å². The summed E-state index contributed by atoms with van der Waals surface area (Å²) in [5.41, 5.74) is 5.47. The Balaban J connectivity index is 2.86. The Morgan fingerprint density at radius 2 is 2.00 bits per heavy atom. The lowest BCUT2D eigenvalue weighted by atomic mass is 10.2. The summed E-state index contributed by atoms with van der Waals surface area (Å²) in [7, 11) is -3.86. The van der Waals surface area contributed by atoms with Gasteiger partial charge in [-0.05, 0) is 24.6 Å². The van der Waals surface area contributed by atoms with Crippen LogP contribution in [0.3, 0.4) is 0 Å². The van der Waals surface area contributed by atoms with Gasteiger partial charge in [0.2, 0.25) is 10.0 Å². The molecule has 0 fully saturated rings. The van der Waals surface area contributed by atoms with Crippen molar-refractivity contribution >= 4 is 21.7 Å². The van der Waals surface area contributed by atoms with Crippen LogP contribution < -0.4 is 10.5 Å². The quantitative estimate of drug-likeness (QED) is 0.501. The summed E-state index contributed by atoms with van der Waals surface area (Å²) < 4.78 is 26.6. The van der Waals surface area contributed by atoms with Crippen molar-refractivity contribution in [3.05, 3.63) is 23.8 Å². The molecule has 1 aromatic carbocycles. The van der Waals surface area contributed by atoms with E-state index in [1.54, 1.807) is 0 Å². The van der Waals surface area contributed by atoms with Gasteiger partial charge in [0.15, 0.2) is 0 Å². The topological polar surface area (TPSA) is 109 Å². The molecular formula is C13H20N2O4S. The summed E-state index contributed by atoms with van der Waals surface area (Å²) >= 11 is 0. The fourth-order valence-corrected chi connectivity index (χ4v) is 3.08. The number of hydrogen-bond donors (Lipinski definition) is 3. The normalized spacial score (nSPS) is 11.4. The van der Waals surface area contributed by atoms with Crippen molar-refractivity contribution in [3.8, 4) is 0 Å². The maximum Gasteiger partial charge on any atom is 0.337 e. The number of carboxylic acids is 1. The third-order valence-electron chi connectivity index (χ3n) is 2.85. The van der Waals surface area contributed by atoms with E-state index >= 15 is 0 Å². The largest absolute Gasteiger partial charge is 0.478 e. The van der Waals surface area contributed by atoms with Gasteiger partial charge in [-0.2, -0.15) is 0 Å². The van der Waals surface area contributed by atoms with Gasteiger partial charge in [0, 0.05) is 12.2 Å². The number of hydrogen-bond acceptors (Lipinski definition) is 4. The van der Waals surface area contributed by atoms with Gasteiger partial charge in [-0.3, -0.25) is 0 Å². The highest BCUT2D eigenvalue weighted by Crippen LogP contribution is 2.19. The molecule has 0 unspecified atom stereocenters. The van der Waals surface area contributed by atoms with Gasteiger partial charge in [0.1, 0.15) is 0 Å². The SMILES string of the molecule is CCCCCCNS(=O)(=O)c1cc(N)ccc1C(=O)O. The zero-order valence-electron chi connectivity index (χ0n) is 11.4. The standard InChI is InChI=1S/C13H20N2O4S/c1-2-3-4-5-8-15-20(18,19)12-9-10(14)6-7-11(12)13(16)17/h6-7,9,15H,2-5,8,14H2,1H3,(H,16,17). The molecular weight excluding hydrogens is 280 g/mol. The molecule has 0 amide bonds. The average Bonchev–Trinajstić information content (AvgIpc) is 2.38. The summed E-state index contributed by atoms with van der Waals surface area (Å²) in [6.45, 7) is 2.35. The average molecular weight is 300 g/mol. The summed E-state index contributed by atoms with van der Waals surface area (Å²) in [6, 6.07) is 3.73. The van der Waals surface area contributed by atoms with Crippen molar-refractivity contribution in [1.29, 1.82) is 0 Å². The number of rotatable bonds is 8. The Morgan fingerprint density at radius 1 is 1.30 bits per heavy atom. The highest BCUT2D eigenvalue weighted by atomic mass is 32.2. The Hall–Kier alpha value is -1.60. The number of anilines is 1. The molecule has 1 aromatic rings. The second kappa shape index (κ2) is 7.25. The Labute approximate surface area is 119 Å². The Kier molecular flexibility index (Phi) is 5.97. The molecule has 0 radical (unpaired) electrons. The van der Waals surface area contributed by atoms with Crippen LogP contribution in [-0.2, 0) is 10.0 Å². The van der Waals surface area contributed by atoms with E-state index in [-0.39, 0.29) is 22.7 Å². The minimum absolute atomic E-state index is 0.210. The smallest absolute Gasteiger partial charge is 0.337 e. The van der Waals surface area contributed by atoms with Crippen molar-refractivity contribution in [3.63, 3.8) is 0 Å². The van der Waals surface area contributed by atoms with Crippen LogP contribution in [0.2, 0.25) is 0 Å². The molecule has 0 aliphatic carbocycles. The number of aromatic carboxylic acids is 1. The van der Waals surface area contributed by atoms with Gasteiger partial charge < -0.3 is 10.8 Å². The van der Waals surface area contributed by atoms with Crippen LogP contribution in [0, 0.1) is 0 Å². The first kappa shape index (κ1) is 16.5. The Bertz CT molecular complexity index is 570. The molecule has 0 spiro atoms. The van der Waals surface area contributed by atoms with E-state index in [4.69, 9.17) is 10.8 Å². The molecule has 0 saturated carbocycles. The predicted octanol–water partition coefficient (Wildman–Crippen LogP) is 1.83. The third kappa shape index (κ3) is 4.50. The fourth-order valence-electron chi connectivity index (χ4n) is 1.77. The third-order valence-corrected chi connectivity index (χ3v) is 4.35. The van der Waals surface area contributed by atoms with E-state index in [1.807, 2.05) is 0 Å². The van der Waals surface area contributed by atoms with Crippen LogP contribution in [0.4, 0.5) is 5.69 Å². The van der Waals surface area contributed by atoms with Crippen LogP contribution >= 0.6 is 0 Å². The van der Waals surface area contributed by atoms with Crippen LogP contribution in [0.25, 0.3) is 0 Å². The zero-order chi connectivity index (χ0) is 15.2. The minimum Gasteiger partial charge on any atom is -0.478 e. The first-order chi connectivity index (χ1) is 9.38. The lowest BCUT2D eigenvalue weighted by molar-refractivity contribution is 0.0692. The van der Waals surface area contributed by atoms with E-state index in [0.29, 0.717) is 0 Å². The van der Waals surface area contributed by atoms with Gasteiger partial charge in [-0.1, -0.05) is 26.2 Å². The molecule has 7 heteroatoms. The van der Waals surface area contributed by atoms with Gasteiger partial charge in [0.25, 0.3) is 0 Å². The zero-order valence-corrected chi connectivity index (χ0v) is 12.2. The number of nitrogens with one attached hydrogen (secondary N) is 1. The molecule has 0 aromatic heterocycles. The molecule has 1 rings (SSSR count). The molecule has 112 valence electrons. The van der Waals surface area contributed by atoms with E-state index in [0.717, 1.165) is 31.7 Å². The van der Waals surface area contributed by atoms with E-state index < -0.39 is 16.0 Å². The molecule has 0 atom stereocenters. The van der Waals surface area contributed by atoms with Crippen molar-refractivity contribution in [2.24, 2.45) is 0 Å². The number of carbonyl (C=O) groups is 1. The highest BCUT2D eigenvalue weighted by molar-refractivity contribution is 7.89. The number of nitrogens with two attached hydrogens (primary N) is 1. The summed E-state index contributed by atoms with van der Waals surface area (Å²) in [5, 5.41) is 9.03. The lowest BCUT2D eigenvalue weighted by Gasteiger charge is -2.10. The van der Waals surface area contributed by atoms with Crippen LogP contribution in [0.5, 0.6) is 0 Å². The van der Waals surface area contributed by atoms with Crippen molar-refractivity contribution < 1.29 is 18.3 Å². The number of benzene rings is 1. The molecule has 0 bridgehead atoms. The highest BCUT2D eigenvalue weighted by Gasteiger charge is 2.22. The van der Waals surface area contributed by atoms with Gasteiger partial charge in [-0.15, -0.1) is 0 Å². The van der Waals surface area contributed by atoms with Crippen molar-refractivity contribution in [2.75, 3.05) is 12.3 Å². The van der Waals surface area contributed by atoms with Gasteiger partial charge >= 0.3 is 5.97 Å². The number of unbranched alkanes of at least 4 members (excludes halogenated alkanes) is 3. The Morgan fingerprint density at radius 3 is 2.60 bits per heavy atom. The minimum atomic E-state index is -3.86. The van der Waals surface area contributed by atoms with Crippen LogP contribution in [-0.4, -0.2) is 26.0 Å². The molecule has 6 nitrogen and oxygen atoms in total. The molecule has 0 saturated heterocycles. The van der Waals surface area contributed by atoms with E-state index in [1.165, 1.54) is 12.1 Å². The van der Waals surface area contributed by atoms with Crippen molar-refractivity contribution in [2.45, 2.75) is 37.5 Å². The molecule has 20 heavy (non-hydrogen) atoms. The lowest BCUT2D eigenvalue weighted by Crippen LogP contribution is -2.26. The molecule has 0 aliphatic heterocycles. The van der Waals surface area contributed by atoms with Crippen LogP contribution in [0.15, 0.2) is 23.1 Å². The number of sulfonamides is 1.